The molecule has 114 valence electrons. The topological polar surface area (TPSA) is 44.2 Å². The fraction of sp³-hybridized carbons (Fsp3) is 0.375. The number of rotatable bonds is 2. The number of hydrogen-bond donors (Lipinski definition) is 0. The van der Waals surface area contributed by atoms with Crippen LogP contribution in [0.3, 0.4) is 0 Å². The largest absolute Gasteiger partial charge is 0.534 e. The van der Waals surface area contributed by atoms with Gasteiger partial charge in [0.1, 0.15) is 5.82 Å². The molecule has 1 aliphatic rings. The lowest BCUT2D eigenvalue weighted by Gasteiger charge is -2.32. The molecule has 0 bridgehead atoms. The van der Waals surface area contributed by atoms with Gasteiger partial charge in [-0.05, 0) is 45.9 Å². The van der Waals surface area contributed by atoms with Gasteiger partial charge in [-0.25, -0.2) is 14.4 Å². The average Bonchev–Trinajstić information content (AvgIpc) is 2.68. The second-order valence-corrected chi connectivity index (χ2v) is 6.40. The summed E-state index contributed by atoms with van der Waals surface area (Å²) in [7, 11) is -0.626. The van der Waals surface area contributed by atoms with Gasteiger partial charge in [-0.3, -0.25) is 0 Å². The fourth-order valence-electron chi connectivity index (χ4n) is 2.24. The average molecular weight is 300 g/mol. The number of benzene rings is 1. The summed E-state index contributed by atoms with van der Waals surface area (Å²) in [5.41, 5.74) is 0.881. The summed E-state index contributed by atoms with van der Waals surface area (Å²) in [5, 5.41) is 0. The molecule has 0 N–H and O–H groups in total. The van der Waals surface area contributed by atoms with Crippen LogP contribution in [-0.2, 0) is 9.31 Å². The molecule has 0 atom stereocenters. The van der Waals surface area contributed by atoms with E-state index in [1.54, 1.807) is 24.4 Å². The van der Waals surface area contributed by atoms with E-state index in [9.17, 15) is 4.39 Å². The standard InChI is InChI=1S/C16H18BFN2O2/c1-15(2)16(3,4)22-17(21-15)14-19-9-8-13(20-14)11-6-5-7-12(18)10-11/h5-10H,1-4H3. The molecule has 2 aromatic rings. The molecule has 2 heterocycles. The normalized spacial score (nSPS) is 19.4. The van der Waals surface area contributed by atoms with E-state index in [2.05, 4.69) is 9.97 Å². The number of hydrogen-bond acceptors (Lipinski definition) is 4. The van der Waals surface area contributed by atoms with Crippen molar-refractivity contribution in [1.29, 1.82) is 0 Å². The van der Waals surface area contributed by atoms with Crippen molar-refractivity contribution in [3.8, 4) is 11.3 Å². The molecule has 0 spiro atoms. The SMILES string of the molecule is CC1(C)OB(c2nccc(-c3cccc(F)c3)n2)OC1(C)C. The Kier molecular flexibility index (Phi) is 3.53. The van der Waals surface area contributed by atoms with Crippen LogP contribution in [0.15, 0.2) is 36.5 Å². The molecule has 0 saturated carbocycles. The van der Waals surface area contributed by atoms with Crippen molar-refractivity contribution in [2.24, 2.45) is 0 Å². The van der Waals surface area contributed by atoms with Gasteiger partial charge < -0.3 is 9.31 Å². The van der Waals surface area contributed by atoms with E-state index in [0.29, 0.717) is 17.0 Å². The van der Waals surface area contributed by atoms with Crippen LogP contribution in [0.1, 0.15) is 27.7 Å². The van der Waals surface area contributed by atoms with Gasteiger partial charge >= 0.3 is 7.12 Å². The molecule has 1 fully saturated rings. The zero-order valence-electron chi connectivity index (χ0n) is 13.1. The zero-order valence-corrected chi connectivity index (χ0v) is 13.1. The molecule has 4 nitrogen and oxygen atoms in total. The smallest absolute Gasteiger partial charge is 0.397 e. The third-order valence-corrected chi connectivity index (χ3v) is 4.26. The maximum absolute atomic E-state index is 13.4. The molecule has 1 aromatic carbocycles. The first-order chi connectivity index (χ1) is 10.3. The third kappa shape index (κ3) is 2.64. The summed E-state index contributed by atoms with van der Waals surface area (Å²) in [6.45, 7) is 7.90. The lowest BCUT2D eigenvalue weighted by molar-refractivity contribution is 0.00578. The van der Waals surface area contributed by atoms with Crippen LogP contribution >= 0.6 is 0 Å². The van der Waals surface area contributed by atoms with Gasteiger partial charge in [-0.2, -0.15) is 0 Å². The highest BCUT2D eigenvalue weighted by Gasteiger charge is 2.53. The van der Waals surface area contributed by atoms with E-state index < -0.39 is 18.3 Å². The molecule has 1 aliphatic heterocycles. The van der Waals surface area contributed by atoms with Crippen molar-refractivity contribution >= 4 is 12.8 Å². The van der Waals surface area contributed by atoms with Crippen LogP contribution in [0.4, 0.5) is 4.39 Å². The highest BCUT2D eigenvalue weighted by Crippen LogP contribution is 2.36. The zero-order chi connectivity index (χ0) is 16.0. The monoisotopic (exact) mass is 300 g/mol. The summed E-state index contributed by atoms with van der Waals surface area (Å²) in [6.07, 6.45) is 1.63. The van der Waals surface area contributed by atoms with Gasteiger partial charge in [-0.15, -0.1) is 0 Å². The number of aromatic nitrogens is 2. The van der Waals surface area contributed by atoms with Crippen LogP contribution < -0.4 is 5.72 Å². The van der Waals surface area contributed by atoms with E-state index in [0.717, 1.165) is 0 Å². The summed E-state index contributed by atoms with van der Waals surface area (Å²) in [4.78, 5) is 8.72. The van der Waals surface area contributed by atoms with E-state index in [1.807, 2.05) is 27.7 Å². The van der Waals surface area contributed by atoms with Crippen molar-refractivity contribution in [2.45, 2.75) is 38.9 Å². The molecule has 3 rings (SSSR count). The van der Waals surface area contributed by atoms with Crippen molar-refractivity contribution in [2.75, 3.05) is 0 Å². The van der Waals surface area contributed by atoms with Crippen LogP contribution in [0.5, 0.6) is 0 Å². The van der Waals surface area contributed by atoms with E-state index in [-0.39, 0.29) is 5.82 Å². The van der Waals surface area contributed by atoms with Gasteiger partial charge in [0.05, 0.1) is 16.9 Å². The maximum Gasteiger partial charge on any atom is 0.534 e. The van der Waals surface area contributed by atoms with Crippen LogP contribution in [0.2, 0.25) is 0 Å². The number of halogens is 1. The predicted octanol–water partition coefficient (Wildman–Crippen LogP) is 2.58. The molecule has 0 radical (unpaired) electrons. The first-order valence-corrected chi connectivity index (χ1v) is 7.23. The van der Waals surface area contributed by atoms with Gasteiger partial charge in [0.15, 0.2) is 5.72 Å². The molecular formula is C16H18BFN2O2. The highest BCUT2D eigenvalue weighted by atomic mass is 19.1. The van der Waals surface area contributed by atoms with Gasteiger partial charge in [0.25, 0.3) is 0 Å². The molecule has 22 heavy (non-hydrogen) atoms. The van der Waals surface area contributed by atoms with Crippen LogP contribution in [0, 0.1) is 5.82 Å². The Morgan fingerprint density at radius 2 is 1.73 bits per heavy atom. The van der Waals surface area contributed by atoms with Crippen molar-refractivity contribution in [3.63, 3.8) is 0 Å². The molecular weight excluding hydrogens is 282 g/mol. The Hall–Kier alpha value is -1.79. The summed E-state index contributed by atoms with van der Waals surface area (Å²) in [6, 6.07) is 8.04. The molecule has 1 saturated heterocycles. The minimum atomic E-state index is -0.626. The quantitative estimate of drug-likeness (QED) is 0.800. The first-order valence-electron chi connectivity index (χ1n) is 7.23. The number of nitrogens with zero attached hydrogens (tertiary/aromatic N) is 2. The minimum Gasteiger partial charge on any atom is -0.397 e. The Morgan fingerprint density at radius 3 is 2.36 bits per heavy atom. The Balaban J connectivity index is 1.93. The maximum atomic E-state index is 13.4. The van der Waals surface area contributed by atoms with E-state index in [1.165, 1.54) is 12.1 Å². The highest BCUT2D eigenvalue weighted by molar-refractivity contribution is 6.60. The summed E-state index contributed by atoms with van der Waals surface area (Å²) < 4.78 is 25.3. The lowest BCUT2D eigenvalue weighted by atomic mass is 9.89. The molecule has 0 aliphatic carbocycles. The predicted molar refractivity (Wildman–Crippen MR) is 83.1 cm³/mol. The lowest BCUT2D eigenvalue weighted by Crippen LogP contribution is -2.41. The summed E-state index contributed by atoms with van der Waals surface area (Å²) >= 11 is 0. The van der Waals surface area contributed by atoms with Gasteiger partial charge in [0.2, 0.25) is 0 Å². The Morgan fingerprint density at radius 1 is 1.05 bits per heavy atom. The Labute approximate surface area is 129 Å². The van der Waals surface area contributed by atoms with Gasteiger partial charge in [0, 0.05) is 11.8 Å². The van der Waals surface area contributed by atoms with E-state index >= 15 is 0 Å². The fourth-order valence-corrected chi connectivity index (χ4v) is 2.24. The first kappa shape index (κ1) is 15.1. The third-order valence-electron chi connectivity index (χ3n) is 4.26. The van der Waals surface area contributed by atoms with Gasteiger partial charge in [-0.1, -0.05) is 12.1 Å². The second-order valence-electron chi connectivity index (χ2n) is 6.40. The molecule has 6 heteroatoms. The Bertz CT molecular complexity index is 690. The summed E-state index contributed by atoms with van der Waals surface area (Å²) in [5.74, 6) is -0.298. The van der Waals surface area contributed by atoms with Crippen molar-refractivity contribution in [1.82, 2.24) is 9.97 Å². The van der Waals surface area contributed by atoms with Crippen LogP contribution in [0.25, 0.3) is 11.3 Å². The second kappa shape index (κ2) is 5.14. The molecule has 1 aromatic heterocycles. The van der Waals surface area contributed by atoms with E-state index in [4.69, 9.17) is 9.31 Å². The van der Waals surface area contributed by atoms with Crippen molar-refractivity contribution in [3.05, 3.63) is 42.3 Å². The minimum absolute atomic E-state index is 0.298. The van der Waals surface area contributed by atoms with Crippen LogP contribution in [-0.4, -0.2) is 28.3 Å². The molecule has 0 amide bonds. The van der Waals surface area contributed by atoms with Crippen molar-refractivity contribution < 1.29 is 13.7 Å². The molecule has 0 unspecified atom stereocenters.